The van der Waals surface area contributed by atoms with Gasteiger partial charge in [-0.1, -0.05) is 0 Å². The monoisotopic (exact) mass is 283 g/mol. The molecule has 4 N–H and O–H groups in total. The molecule has 0 radical (unpaired) electrons. The van der Waals surface area contributed by atoms with Crippen molar-refractivity contribution in [2.75, 3.05) is 23.4 Å². The molecule has 0 saturated heterocycles. The van der Waals surface area contributed by atoms with Gasteiger partial charge >= 0.3 is 6.18 Å². The van der Waals surface area contributed by atoms with Crippen LogP contribution in [0.2, 0.25) is 0 Å². The number of nitrogens with zero attached hydrogens (tertiary/aromatic N) is 2. The van der Waals surface area contributed by atoms with Crippen LogP contribution in [0.15, 0.2) is 30.3 Å². The van der Waals surface area contributed by atoms with Gasteiger partial charge in [0.2, 0.25) is 5.95 Å². The number of nitrogens with one attached hydrogen (secondary N) is 2. The Balaban J connectivity index is 2.20. The van der Waals surface area contributed by atoms with Crippen LogP contribution >= 0.6 is 0 Å². The summed E-state index contributed by atoms with van der Waals surface area (Å²) in [6, 6.07) is 6.21. The predicted molar refractivity (Wildman–Crippen MR) is 70.7 cm³/mol. The first-order chi connectivity index (χ1) is 9.38. The van der Waals surface area contributed by atoms with E-state index in [9.17, 15) is 13.2 Å². The second-order valence-corrected chi connectivity index (χ2v) is 3.95. The Bertz CT molecular complexity index is 595. The minimum absolute atomic E-state index is 0.0614. The summed E-state index contributed by atoms with van der Waals surface area (Å²) in [6.07, 6.45) is -4.35. The van der Waals surface area contributed by atoms with Gasteiger partial charge < -0.3 is 16.4 Å². The Morgan fingerprint density at radius 1 is 1.05 bits per heavy atom. The number of alkyl halides is 3. The van der Waals surface area contributed by atoms with Crippen molar-refractivity contribution in [3.63, 3.8) is 0 Å². The smallest absolute Gasteiger partial charge is 0.373 e. The van der Waals surface area contributed by atoms with Crippen LogP contribution in [0.4, 0.5) is 36.4 Å². The Labute approximate surface area is 113 Å². The van der Waals surface area contributed by atoms with Crippen LogP contribution in [0.25, 0.3) is 0 Å². The first-order valence-electron chi connectivity index (χ1n) is 5.65. The molecule has 5 nitrogen and oxygen atoms in total. The number of nitrogens with two attached hydrogens (primary N) is 1. The molecular weight excluding hydrogens is 271 g/mol. The van der Waals surface area contributed by atoms with Crippen molar-refractivity contribution in [1.29, 1.82) is 0 Å². The summed E-state index contributed by atoms with van der Waals surface area (Å²) >= 11 is 0. The predicted octanol–water partition coefficient (Wildman–Crippen LogP) is 2.86. The topological polar surface area (TPSA) is 75.9 Å². The van der Waals surface area contributed by atoms with Crippen molar-refractivity contribution in [2.24, 2.45) is 0 Å². The second kappa shape index (κ2) is 5.24. The minimum atomic E-state index is -4.35. The van der Waals surface area contributed by atoms with Gasteiger partial charge in [-0.15, -0.1) is 0 Å². The normalized spacial score (nSPS) is 11.2. The molecule has 0 amide bonds. The highest BCUT2D eigenvalue weighted by atomic mass is 19.4. The van der Waals surface area contributed by atoms with Gasteiger partial charge in [-0.3, -0.25) is 0 Å². The van der Waals surface area contributed by atoms with Crippen molar-refractivity contribution < 1.29 is 13.2 Å². The van der Waals surface area contributed by atoms with E-state index in [-0.39, 0.29) is 5.95 Å². The molecule has 0 spiro atoms. The highest BCUT2D eigenvalue weighted by Crippen LogP contribution is 2.30. The van der Waals surface area contributed by atoms with Crippen molar-refractivity contribution >= 4 is 23.3 Å². The number of aromatic nitrogens is 2. The van der Waals surface area contributed by atoms with Gasteiger partial charge in [0.15, 0.2) is 0 Å². The van der Waals surface area contributed by atoms with Gasteiger partial charge in [-0.05, 0) is 24.3 Å². The van der Waals surface area contributed by atoms with Crippen LogP contribution in [0, 0.1) is 0 Å². The first-order valence-corrected chi connectivity index (χ1v) is 5.65. The van der Waals surface area contributed by atoms with Gasteiger partial charge in [-0.2, -0.15) is 23.1 Å². The molecule has 1 heterocycles. The fraction of sp³-hybridized carbons (Fsp3) is 0.167. The van der Waals surface area contributed by atoms with Crippen molar-refractivity contribution in [2.45, 2.75) is 6.18 Å². The number of halogens is 3. The zero-order chi connectivity index (χ0) is 14.8. The molecule has 0 saturated carbocycles. The van der Waals surface area contributed by atoms with E-state index < -0.39 is 11.7 Å². The van der Waals surface area contributed by atoms with Crippen LogP contribution in [0.5, 0.6) is 0 Å². The molecule has 20 heavy (non-hydrogen) atoms. The van der Waals surface area contributed by atoms with E-state index in [0.717, 1.165) is 12.1 Å². The molecule has 0 aliphatic carbocycles. The number of hydrogen-bond donors (Lipinski definition) is 3. The maximum absolute atomic E-state index is 12.4. The standard InChI is InChI=1S/C12H12F3N5/c1-17-9-6-10(20-11(16)19-9)18-8-4-2-7(3-5-8)12(13,14)15/h2-6H,1H3,(H4,16,17,18,19,20). The largest absolute Gasteiger partial charge is 0.416 e. The molecular formula is C12H12F3N5. The SMILES string of the molecule is CNc1cc(Nc2ccc(C(F)(F)F)cc2)nc(N)n1. The summed E-state index contributed by atoms with van der Waals surface area (Å²) in [5.74, 6) is 0.958. The fourth-order valence-corrected chi connectivity index (χ4v) is 1.55. The highest BCUT2D eigenvalue weighted by molar-refractivity contribution is 5.60. The molecule has 0 bridgehead atoms. The zero-order valence-corrected chi connectivity index (χ0v) is 10.5. The summed E-state index contributed by atoms with van der Waals surface area (Å²) in [5.41, 5.74) is 5.28. The number of benzene rings is 1. The van der Waals surface area contributed by atoms with Crippen LogP contribution < -0.4 is 16.4 Å². The molecule has 0 unspecified atom stereocenters. The lowest BCUT2D eigenvalue weighted by atomic mass is 10.2. The number of rotatable bonds is 3. The van der Waals surface area contributed by atoms with E-state index in [1.165, 1.54) is 12.1 Å². The quantitative estimate of drug-likeness (QED) is 0.807. The average Bonchev–Trinajstić information content (AvgIpc) is 2.37. The van der Waals surface area contributed by atoms with E-state index in [4.69, 9.17) is 5.73 Å². The molecule has 2 aromatic rings. The third-order valence-electron chi connectivity index (χ3n) is 2.48. The van der Waals surface area contributed by atoms with Crippen molar-refractivity contribution in [3.05, 3.63) is 35.9 Å². The molecule has 8 heteroatoms. The maximum atomic E-state index is 12.4. The lowest BCUT2D eigenvalue weighted by molar-refractivity contribution is -0.137. The summed E-state index contributed by atoms with van der Waals surface area (Å²) < 4.78 is 37.3. The summed E-state index contributed by atoms with van der Waals surface area (Å²) in [5, 5.41) is 5.66. The van der Waals surface area contributed by atoms with Crippen LogP contribution in [0.3, 0.4) is 0 Å². The van der Waals surface area contributed by atoms with Gasteiger partial charge in [0.25, 0.3) is 0 Å². The number of anilines is 4. The van der Waals surface area contributed by atoms with Crippen LogP contribution in [-0.4, -0.2) is 17.0 Å². The van der Waals surface area contributed by atoms with Crippen LogP contribution in [-0.2, 0) is 6.18 Å². The Hall–Kier alpha value is -2.51. The number of hydrogen-bond acceptors (Lipinski definition) is 5. The van der Waals surface area contributed by atoms with E-state index in [2.05, 4.69) is 20.6 Å². The summed E-state index contributed by atoms with van der Waals surface area (Å²) in [7, 11) is 1.67. The summed E-state index contributed by atoms with van der Waals surface area (Å²) in [4.78, 5) is 7.85. The molecule has 2 rings (SSSR count). The second-order valence-electron chi connectivity index (χ2n) is 3.95. The van der Waals surface area contributed by atoms with Gasteiger partial charge in [0.05, 0.1) is 5.56 Å². The Kier molecular flexibility index (Phi) is 3.64. The highest BCUT2D eigenvalue weighted by Gasteiger charge is 2.29. The van der Waals surface area contributed by atoms with Crippen molar-refractivity contribution in [3.8, 4) is 0 Å². The lowest BCUT2D eigenvalue weighted by Gasteiger charge is -2.10. The zero-order valence-electron chi connectivity index (χ0n) is 10.5. The first kappa shape index (κ1) is 13.9. The number of nitrogen functional groups attached to an aromatic ring is 1. The summed E-state index contributed by atoms with van der Waals surface area (Å²) in [6.45, 7) is 0. The van der Waals surface area contributed by atoms with E-state index in [1.54, 1.807) is 13.1 Å². The molecule has 106 valence electrons. The molecule has 1 aromatic heterocycles. The molecule has 1 aromatic carbocycles. The van der Waals surface area contributed by atoms with E-state index in [1.807, 2.05) is 0 Å². The maximum Gasteiger partial charge on any atom is 0.416 e. The average molecular weight is 283 g/mol. The third-order valence-corrected chi connectivity index (χ3v) is 2.48. The molecule has 0 atom stereocenters. The van der Waals surface area contributed by atoms with Gasteiger partial charge in [0, 0.05) is 18.8 Å². The van der Waals surface area contributed by atoms with Gasteiger partial charge in [0.1, 0.15) is 11.6 Å². The van der Waals surface area contributed by atoms with E-state index in [0.29, 0.717) is 17.3 Å². The van der Waals surface area contributed by atoms with E-state index >= 15 is 0 Å². The Morgan fingerprint density at radius 3 is 2.20 bits per heavy atom. The third kappa shape index (κ3) is 3.28. The molecule has 0 fully saturated rings. The lowest BCUT2D eigenvalue weighted by Crippen LogP contribution is -2.05. The van der Waals surface area contributed by atoms with Gasteiger partial charge in [-0.25, -0.2) is 0 Å². The minimum Gasteiger partial charge on any atom is -0.373 e. The fourth-order valence-electron chi connectivity index (χ4n) is 1.55. The van der Waals surface area contributed by atoms with Crippen molar-refractivity contribution in [1.82, 2.24) is 9.97 Å². The molecule has 0 aliphatic heterocycles. The van der Waals surface area contributed by atoms with Crippen LogP contribution in [0.1, 0.15) is 5.56 Å². The molecule has 0 aliphatic rings. The Morgan fingerprint density at radius 2 is 1.65 bits per heavy atom.